The van der Waals surface area contributed by atoms with Crippen LogP contribution in [0.3, 0.4) is 0 Å². The summed E-state index contributed by atoms with van der Waals surface area (Å²) in [5.74, 6) is 0.812. The normalized spacial score (nSPS) is 12.2. The van der Waals surface area contributed by atoms with Crippen molar-refractivity contribution < 1.29 is 4.74 Å². The first-order chi connectivity index (χ1) is 9.17. The standard InChI is InChI=1S/C15H17ClN2O/c1-10-12(5-4-8-18-10)15(17-2)13-9-11(16)6-7-14(13)19-3/h4-9,15,17H,1-3H3. The second-order valence-electron chi connectivity index (χ2n) is 4.29. The van der Waals surface area contributed by atoms with E-state index in [1.165, 1.54) is 0 Å². The van der Waals surface area contributed by atoms with E-state index in [-0.39, 0.29) is 6.04 Å². The van der Waals surface area contributed by atoms with Crippen LogP contribution in [0.15, 0.2) is 36.5 Å². The number of nitrogens with zero attached hydrogens (tertiary/aromatic N) is 1. The minimum atomic E-state index is 0.00218. The number of hydrogen-bond donors (Lipinski definition) is 1. The third-order valence-electron chi connectivity index (χ3n) is 3.15. The smallest absolute Gasteiger partial charge is 0.124 e. The first-order valence-corrected chi connectivity index (χ1v) is 6.47. The zero-order valence-electron chi connectivity index (χ0n) is 11.3. The molecular formula is C15H17ClN2O. The quantitative estimate of drug-likeness (QED) is 0.930. The van der Waals surface area contributed by atoms with Crippen molar-refractivity contribution >= 4 is 11.6 Å². The molecule has 0 aliphatic heterocycles. The molecule has 0 radical (unpaired) electrons. The van der Waals surface area contributed by atoms with Gasteiger partial charge in [0.15, 0.2) is 0 Å². The van der Waals surface area contributed by atoms with E-state index in [4.69, 9.17) is 16.3 Å². The van der Waals surface area contributed by atoms with Gasteiger partial charge in [0.1, 0.15) is 5.75 Å². The van der Waals surface area contributed by atoms with Crippen molar-refractivity contribution in [2.75, 3.05) is 14.2 Å². The van der Waals surface area contributed by atoms with Crippen molar-refractivity contribution in [3.05, 3.63) is 58.4 Å². The summed E-state index contributed by atoms with van der Waals surface area (Å²) >= 11 is 6.10. The summed E-state index contributed by atoms with van der Waals surface area (Å²) in [5.41, 5.74) is 3.11. The Balaban J connectivity index is 2.54. The second kappa shape index (κ2) is 6.04. The highest BCUT2D eigenvalue weighted by molar-refractivity contribution is 6.30. The van der Waals surface area contributed by atoms with Gasteiger partial charge in [0.2, 0.25) is 0 Å². The van der Waals surface area contributed by atoms with Gasteiger partial charge in [-0.2, -0.15) is 0 Å². The van der Waals surface area contributed by atoms with Crippen molar-refractivity contribution in [2.45, 2.75) is 13.0 Å². The molecule has 1 N–H and O–H groups in total. The molecular weight excluding hydrogens is 260 g/mol. The van der Waals surface area contributed by atoms with Gasteiger partial charge in [-0.1, -0.05) is 17.7 Å². The molecule has 2 rings (SSSR count). The van der Waals surface area contributed by atoms with Gasteiger partial charge in [0, 0.05) is 22.5 Å². The number of methoxy groups -OCH3 is 1. The lowest BCUT2D eigenvalue weighted by Crippen LogP contribution is -2.19. The third kappa shape index (κ3) is 2.88. The van der Waals surface area contributed by atoms with Gasteiger partial charge in [-0.05, 0) is 43.8 Å². The van der Waals surface area contributed by atoms with Gasteiger partial charge in [-0.25, -0.2) is 0 Å². The van der Waals surface area contributed by atoms with Crippen LogP contribution in [-0.4, -0.2) is 19.1 Å². The first kappa shape index (κ1) is 13.8. The molecule has 0 fully saturated rings. The van der Waals surface area contributed by atoms with Gasteiger partial charge >= 0.3 is 0 Å². The molecule has 0 spiro atoms. The number of rotatable bonds is 4. The number of aromatic nitrogens is 1. The predicted molar refractivity (Wildman–Crippen MR) is 77.9 cm³/mol. The van der Waals surface area contributed by atoms with Crippen molar-refractivity contribution in [3.63, 3.8) is 0 Å². The number of ether oxygens (including phenoxy) is 1. The van der Waals surface area contributed by atoms with Gasteiger partial charge in [0.25, 0.3) is 0 Å². The van der Waals surface area contributed by atoms with E-state index < -0.39 is 0 Å². The summed E-state index contributed by atoms with van der Waals surface area (Å²) in [6.07, 6.45) is 1.79. The average molecular weight is 277 g/mol. The Labute approximate surface area is 118 Å². The van der Waals surface area contributed by atoms with E-state index in [0.717, 1.165) is 22.6 Å². The van der Waals surface area contributed by atoms with E-state index in [1.54, 1.807) is 13.3 Å². The Morgan fingerprint density at radius 1 is 1.26 bits per heavy atom. The molecule has 0 bridgehead atoms. The van der Waals surface area contributed by atoms with Crippen LogP contribution in [0.2, 0.25) is 5.02 Å². The Morgan fingerprint density at radius 3 is 2.68 bits per heavy atom. The van der Waals surface area contributed by atoms with E-state index in [9.17, 15) is 0 Å². The fraction of sp³-hybridized carbons (Fsp3) is 0.267. The molecule has 100 valence electrons. The number of aryl methyl sites for hydroxylation is 1. The van der Waals surface area contributed by atoms with Gasteiger partial charge in [-0.3, -0.25) is 4.98 Å². The van der Waals surface area contributed by atoms with E-state index in [0.29, 0.717) is 5.02 Å². The molecule has 1 heterocycles. The molecule has 19 heavy (non-hydrogen) atoms. The van der Waals surface area contributed by atoms with Gasteiger partial charge in [-0.15, -0.1) is 0 Å². The maximum atomic E-state index is 6.10. The average Bonchev–Trinajstić information content (AvgIpc) is 2.42. The summed E-state index contributed by atoms with van der Waals surface area (Å²) in [6, 6.07) is 9.63. The van der Waals surface area contributed by atoms with Crippen LogP contribution in [0.1, 0.15) is 22.9 Å². The lowest BCUT2D eigenvalue weighted by Gasteiger charge is -2.21. The lowest BCUT2D eigenvalue weighted by atomic mass is 9.97. The highest BCUT2D eigenvalue weighted by Crippen LogP contribution is 2.32. The molecule has 1 unspecified atom stereocenters. The van der Waals surface area contributed by atoms with E-state index in [1.807, 2.05) is 38.2 Å². The van der Waals surface area contributed by atoms with Gasteiger partial charge < -0.3 is 10.1 Å². The van der Waals surface area contributed by atoms with Crippen LogP contribution < -0.4 is 10.1 Å². The minimum absolute atomic E-state index is 0.00218. The second-order valence-corrected chi connectivity index (χ2v) is 4.72. The zero-order valence-corrected chi connectivity index (χ0v) is 12.0. The van der Waals surface area contributed by atoms with Crippen LogP contribution >= 0.6 is 11.6 Å². The largest absolute Gasteiger partial charge is 0.496 e. The Bertz CT molecular complexity index is 572. The van der Waals surface area contributed by atoms with Crippen molar-refractivity contribution in [3.8, 4) is 5.75 Å². The molecule has 1 aromatic heterocycles. The molecule has 0 aliphatic carbocycles. The van der Waals surface area contributed by atoms with Crippen LogP contribution in [0.25, 0.3) is 0 Å². The number of hydrogen-bond acceptors (Lipinski definition) is 3. The first-order valence-electron chi connectivity index (χ1n) is 6.09. The van der Waals surface area contributed by atoms with Crippen LogP contribution in [0, 0.1) is 6.92 Å². The molecule has 0 saturated carbocycles. The molecule has 4 heteroatoms. The minimum Gasteiger partial charge on any atom is -0.496 e. The van der Waals surface area contributed by atoms with E-state index >= 15 is 0 Å². The summed E-state index contributed by atoms with van der Waals surface area (Å²) in [6.45, 7) is 2.00. The zero-order chi connectivity index (χ0) is 13.8. The molecule has 2 aromatic rings. The summed E-state index contributed by atoms with van der Waals surface area (Å²) in [4.78, 5) is 4.34. The maximum absolute atomic E-state index is 6.10. The Kier molecular flexibility index (Phi) is 4.40. The molecule has 1 aromatic carbocycles. The fourth-order valence-electron chi connectivity index (χ4n) is 2.21. The summed E-state index contributed by atoms with van der Waals surface area (Å²) in [5, 5.41) is 3.99. The molecule has 0 amide bonds. The fourth-order valence-corrected chi connectivity index (χ4v) is 2.39. The van der Waals surface area contributed by atoms with Crippen LogP contribution in [0.5, 0.6) is 5.75 Å². The number of halogens is 1. The van der Waals surface area contributed by atoms with Gasteiger partial charge in [0.05, 0.1) is 13.2 Å². The van der Waals surface area contributed by atoms with Crippen molar-refractivity contribution in [1.29, 1.82) is 0 Å². The van der Waals surface area contributed by atoms with Crippen molar-refractivity contribution in [2.24, 2.45) is 0 Å². The lowest BCUT2D eigenvalue weighted by molar-refractivity contribution is 0.405. The predicted octanol–water partition coefficient (Wildman–Crippen LogP) is 3.36. The van der Waals surface area contributed by atoms with Crippen LogP contribution in [0.4, 0.5) is 0 Å². The van der Waals surface area contributed by atoms with Crippen molar-refractivity contribution in [1.82, 2.24) is 10.3 Å². The molecule has 3 nitrogen and oxygen atoms in total. The maximum Gasteiger partial charge on any atom is 0.124 e. The molecule has 1 atom stereocenters. The topological polar surface area (TPSA) is 34.1 Å². The summed E-state index contributed by atoms with van der Waals surface area (Å²) in [7, 11) is 3.58. The summed E-state index contributed by atoms with van der Waals surface area (Å²) < 4.78 is 5.43. The number of benzene rings is 1. The van der Waals surface area contributed by atoms with E-state index in [2.05, 4.69) is 16.4 Å². The third-order valence-corrected chi connectivity index (χ3v) is 3.39. The van der Waals surface area contributed by atoms with Crippen LogP contribution in [-0.2, 0) is 0 Å². The SMILES string of the molecule is CNC(c1cc(Cl)ccc1OC)c1cccnc1C. The number of nitrogens with one attached hydrogen (secondary N) is 1. The number of pyridine rings is 1. The Hall–Kier alpha value is -1.58. The molecule has 0 saturated heterocycles. The highest BCUT2D eigenvalue weighted by Gasteiger charge is 2.19. The monoisotopic (exact) mass is 276 g/mol. The molecule has 0 aliphatic rings. The highest BCUT2D eigenvalue weighted by atomic mass is 35.5. The Morgan fingerprint density at radius 2 is 2.05 bits per heavy atom.